The van der Waals surface area contributed by atoms with Gasteiger partial charge in [-0.15, -0.1) is 0 Å². The molecule has 1 atom stereocenters. The Hall–Kier alpha value is -0.660. The molecule has 0 heterocycles. The second-order valence-electron chi connectivity index (χ2n) is 4.19. The summed E-state index contributed by atoms with van der Waals surface area (Å²) in [7, 11) is -3.02. The van der Waals surface area contributed by atoms with E-state index in [1.165, 1.54) is 6.26 Å². The number of nitrogens with two attached hydrogens (primary N) is 1. The Morgan fingerprint density at radius 3 is 2.67 bits per heavy atom. The molecule has 0 aliphatic carbocycles. The first-order chi connectivity index (χ1) is 8.19. The van der Waals surface area contributed by atoms with Gasteiger partial charge in [0.2, 0.25) is 0 Å². The van der Waals surface area contributed by atoms with Gasteiger partial charge in [0.05, 0.1) is 5.75 Å². The summed E-state index contributed by atoms with van der Waals surface area (Å²) in [6.45, 7) is 1.80. The zero-order valence-corrected chi connectivity index (χ0v) is 13.3. The normalized spacial score (nSPS) is 13.1. The number of nitrogens with one attached hydrogen (secondary N) is 1. The summed E-state index contributed by atoms with van der Waals surface area (Å²) in [6.07, 6.45) is 1.21. The zero-order valence-electron chi connectivity index (χ0n) is 10.1. The second kappa shape index (κ2) is 5.99. The van der Waals surface area contributed by atoms with Crippen LogP contribution in [-0.2, 0) is 9.84 Å². The van der Waals surface area contributed by atoms with Crippen LogP contribution in [0.3, 0.4) is 0 Å². The van der Waals surface area contributed by atoms with Crippen LogP contribution >= 0.6 is 28.1 Å². The molecule has 7 heteroatoms. The van der Waals surface area contributed by atoms with Crippen LogP contribution in [0.15, 0.2) is 22.7 Å². The van der Waals surface area contributed by atoms with Crippen molar-refractivity contribution < 1.29 is 8.42 Å². The lowest BCUT2D eigenvalue weighted by molar-refractivity contribution is 0.598. The molecule has 0 bridgehead atoms. The molecule has 0 spiro atoms. The van der Waals surface area contributed by atoms with Crippen molar-refractivity contribution in [3.63, 3.8) is 0 Å². The van der Waals surface area contributed by atoms with Crippen LogP contribution in [0.2, 0.25) is 0 Å². The van der Waals surface area contributed by atoms with E-state index < -0.39 is 9.84 Å². The quantitative estimate of drug-likeness (QED) is 0.793. The summed E-state index contributed by atoms with van der Waals surface area (Å²) >= 11 is 8.31. The van der Waals surface area contributed by atoms with Crippen molar-refractivity contribution >= 4 is 48.7 Å². The molecule has 3 N–H and O–H groups in total. The van der Waals surface area contributed by atoms with Gasteiger partial charge in [0.15, 0.2) is 0 Å². The Bertz CT molecular complexity index is 558. The largest absolute Gasteiger partial charge is 0.389 e. The molecule has 0 aliphatic rings. The van der Waals surface area contributed by atoms with Crippen LogP contribution in [-0.4, -0.2) is 31.5 Å². The lowest BCUT2D eigenvalue weighted by Gasteiger charge is -2.17. The monoisotopic (exact) mass is 350 g/mol. The van der Waals surface area contributed by atoms with E-state index in [1.54, 1.807) is 13.0 Å². The first-order valence-electron chi connectivity index (χ1n) is 5.22. The van der Waals surface area contributed by atoms with Crippen LogP contribution in [0, 0.1) is 0 Å². The smallest absolute Gasteiger partial charge is 0.149 e. The lowest BCUT2D eigenvalue weighted by atomic mass is 10.1. The Morgan fingerprint density at radius 2 is 2.17 bits per heavy atom. The molecule has 0 radical (unpaired) electrons. The molecule has 1 unspecified atom stereocenters. The highest BCUT2D eigenvalue weighted by Crippen LogP contribution is 2.22. The maximum absolute atomic E-state index is 11.2. The number of hydrogen-bond acceptors (Lipinski definition) is 4. The molecule has 1 aromatic carbocycles. The maximum atomic E-state index is 11.2. The standard InChI is InChI=1S/C11H15BrN2O2S2/c1-7(6-18(2,15)16)14-10-5-8(12)3-4-9(10)11(13)17/h3-5,7,14H,6H2,1-2H3,(H2,13,17). The Balaban J connectivity index is 2.96. The van der Waals surface area contributed by atoms with Crippen LogP contribution in [0.25, 0.3) is 0 Å². The van der Waals surface area contributed by atoms with Gasteiger partial charge in [0, 0.05) is 28.0 Å². The highest BCUT2D eigenvalue weighted by molar-refractivity contribution is 9.10. The molecule has 0 amide bonds. The van der Waals surface area contributed by atoms with Crippen molar-refractivity contribution in [3.8, 4) is 0 Å². The van der Waals surface area contributed by atoms with Crippen molar-refractivity contribution in [3.05, 3.63) is 28.2 Å². The minimum Gasteiger partial charge on any atom is -0.389 e. The van der Waals surface area contributed by atoms with E-state index in [9.17, 15) is 8.42 Å². The molecule has 0 saturated heterocycles. The highest BCUT2D eigenvalue weighted by Gasteiger charge is 2.13. The van der Waals surface area contributed by atoms with Crippen molar-refractivity contribution in [1.82, 2.24) is 0 Å². The van der Waals surface area contributed by atoms with Gasteiger partial charge in [-0.05, 0) is 25.1 Å². The molecular formula is C11H15BrN2O2S2. The predicted molar refractivity (Wildman–Crippen MR) is 82.8 cm³/mol. The fourth-order valence-corrected chi connectivity index (χ4v) is 3.14. The van der Waals surface area contributed by atoms with E-state index in [4.69, 9.17) is 18.0 Å². The van der Waals surface area contributed by atoms with Gasteiger partial charge >= 0.3 is 0 Å². The topological polar surface area (TPSA) is 72.2 Å². The third-order valence-corrected chi connectivity index (χ3v) is 4.02. The van der Waals surface area contributed by atoms with Gasteiger partial charge < -0.3 is 11.1 Å². The van der Waals surface area contributed by atoms with E-state index in [0.717, 1.165) is 10.2 Å². The SMILES string of the molecule is CC(CS(C)(=O)=O)Nc1cc(Br)ccc1C(N)=S. The van der Waals surface area contributed by atoms with Gasteiger partial charge in [0.25, 0.3) is 0 Å². The summed E-state index contributed by atoms with van der Waals surface area (Å²) in [5, 5.41) is 3.11. The number of anilines is 1. The first-order valence-corrected chi connectivity index (χ1v) is 8.49. The number of rotatable bonds is 5. The van der Waals surface area contributed by atoms with Crippen LogP contribution in [0.5, 0.6) is 0 Å². The molecule has 0 aromatic heterocycles. The minimum atomic E-state index is -3.02. The average Bonchev–Trinajstić information content (AvgIpc) is 2.13. The summed E-state index contributed by atoms with van der Waals surface area (Å²) in [5.74, 6) is 0.0519. The number of benzene rings is 1. The molecule has 0 aliphatic heterocycles. The number of thiocarbonyl (C=S) groups is 1. The van der Waals surface area contributed by atoms with E-state index in [1.807, 2.05) is 12.1 Å². The molecule has 0 saturated carbocycles. The van der Waals surface area contributed by atoms with Gasteiger partial charge in [-0.25, -0.2) is 8.42 Å². The predicted octanol–water partition coefficient (Wildman–Crippen LogP) is 1.93. The van der Waals surface area contributed by atoms with Crippen molar-refractivity contribution in [1.29, 1.82) is 0 Å². The average molecular weight is 351 g/mol. The van der Waals surface area contributed by atoms with Gasteiger partial charge in [-0.2, -0.15) is 0 Å². The van der Waals surface area contributed by atoms with E-state index in [-0.39, 0.29) is 16.8 Å². The summed E-state index contributed by atoms with van der Waals surface area (Å²) in [5.41, 5.74) is 7.06. The first kappa shape index (κ1) is 15.4. The molecule has 18 heavy (non-hydrogen) atoms. The highest BCUT2D eigenvalue weighted by atomic mass is 79.9. The molecule has 0 fully saturated rings. The van der Waals surface area contributed by atoms with E-state index in [2.05, 4.69) is 21.2 Å². The lowest BCUT2D eigenvalue weighted by Crippen LogP contribution is -2.26. The summed E-state index contributed by atoms with van der Waals surface area (Å²) in [6, 6.07) is 5.23. The fraction of sp³-hybridized carbons (Fsp3) is 0.364. The molecule has 1 rings (SSSR count). The number of hydrogen-bond donors (Lipinski definition) is 2. The van der Waals surface area contributed by atoms with Crippen LogP contribution in [0.4, 0.5) is 5.69 Å². The van der Waals surface area contributed by atoms with Gasteiger partial charge in [0.1, 0.15) is 14.8 Å². The third kappa shape index (κ3) is 4.91. The van der Waals surface area contributed by atoms with Gasteiger partial charge in [-0.1, -0.05) is 28.1 Å². The van der Waals surface area contributed by atoms with E-state index >= 15 is 0 Å². The molecule has 4 nitrogen and oxygen atoms in total. The Morgan fingerprint density at radius 1 is 1.56 bits per heavy atom. The minimum absolute atomic E-state index is 0.0519. The maximum Gasteiger partial charge on any atom is 0.149 e. The Kier molecular flexibility index (Phi) is 5.12. The number of sulfone groups is 1. The van der Waals surface area contributed by atoms with Crippen LogP contribution < -0.4 is 11.1 Å². The third-order valence-electron chi connectivity index (χ3n) is 2.20. The molecular weight excluding hydrogens is 336 g/mol. The molecule has 100 valence electrons. The van der Waals surface area contributed by atoms with Crippen molar-refractivity contribution in [2.24, 2.45) is 5.73 Å². The van der Waals surface area contributed by atoms with Crippen molar-refractivity contribution in [2.45, 2.75) is 13.0 Å². The van der Waals surface area contributed by atoms with Crippen molar-refractivity contribution in [2.75, 3.05) is 17.3 Å². The van der Waals surface area contributed by atoms with Gasteiger partial charge in [-0.3, -0.25) is 0 Å². The molecule has 1 aromatic rings. The fourth-order valence-electron chi connectivity index (χ4n) is 1.61. The number of halogens is 1. The zero-order chi connectivity index (χ0) is 13.9. The Labute approximate surface area is 121 Å². The van der Waals surface area contributed by atoms with E-state index in [0.29, 0.717) is 5.56 Å². The summed E-state index contributed by atoms with van der Waals surface area (Å²) in [4.78, 5) is 0.275. The second-order valence-corrected chi connectivity index (χ2v) is 7.73. The van der Waals surface area contributed by atoms with Crippen LogP contribution in [0.1, 0.15) is 12.5 Å². The summed E-state index contributed by atoms with van der Waals surface area (Å²) < 4.78 is 23.3.